The molecule has 2 atom stereocenters. The quantitative estimate of drug-likeness (QED) is 0.406. The SMILES string of the molecule is N[C@@H](CCc1ncc(C[C@H](N)C(=O)O)[nH]1)C(=O)O. The van der Waals surface area contributed by atoms with Crippen molar-refractivity contribution in [1.82, 2.24) is 9.97 Å². The second-order valence-electron chi connectivity index (χ2n) is 3.99. The fraction of sp³-hybridized carbons (Fsp3) is 0.500. The van der Waals surface area contributed by atoms with Gasteiger partial charge >= 0.3 is 11.9 Å². The Labute approximate surface area is 103 Å². The van der Waals surface area contributed by atoms with Gasteiger partial charge in [-0.15, -0.1) is 0 Å². The molecule has 0 aliphatic rings. The molecular weight excluding hydrogens is 240 g/mol. The summed E-state index contributed by atoms with van der Waals surface area (Å²) in [6, 6.07) is -1.92. The minimum Gasteiger partial charge on any atom is -0.480 e. The number of hydrogen-bond donors (Lipinski definition) is 5. The predicted octanol–water partition coefficient (Wildman–Crippen LogP) is -1.29. The van der Waals surface area contributed by atoms with E-state index in [0.717, 1.165) is 0 Å². The molecule has 0 bridgehead atoms. The van der Waals surface area contributed by atoms with Gasteiger partial charge in [0.2, 0.25) is 0 Å². The van der Waals surface area contributed by atoms with Crippen LogP contribution in [-0.2, 0) is 22.4 Å². The Kier molecular flexibility index (Phi) is 4.81. The molecule has 8 nitrogen and oxygen atoms in total. The average molecular weight is 256 g/mol. The lowest BCUT2D eigenvalue weighted by Crippen LogP contribution is -2.32. The van der Waals surface area contributed by atoms with E-state index in [1.165, 1.54) is 6.20 Å². The van der Waals surface area contributed by atoms with Gasteiger partial charge in [-0.1, -0.05) is 0 Å². The van der Waals surface area contributed by atoms with E-state index in [2.05, 4.69) is 9.97 Å². The Balaban J connectivity index is 2.48. The zero-order chi connectivity index (χ0) is 13.7. The van der Waals surface area contributed by atoms with Crippen LogP contribution >= 0.6 is 0 Å². The third kappa shape index (κ3) is 4.15. The number of aryl methyl sites for hydroxylation is 1. The normalized spacial score (nSPS) is 14.1. The molecule has 8 heteroatoms. The van der Waals surface area contributed by atoms with Crippen LogP contribution in [0.2, 0.25) is 0 Å². The Morgan fingerprint density at radius 3 is 2.44 bits per heavy atom. The van der Waals surface area contributed by atoms with Crippen LogP contribution in [0.4, 0.5) is 0 Å². The topological polar surface area (TPSA) is 155 Å². The number of carbonyl (C=O) groups is 2. The monoisotopic (exact) mass is 256 g/mol. The van der Waals surface area contributed by atoms with Crippen LogP contribution in [-0.4, -0.2) is 44.2 Å². The standard InChI is InChI=1S/C10H16N4O4/c11-6(9(15)16)1-2-8-13-4-5(14-8)3-7(12)10(17)18/h4,6-7H,1-3,11-12H2,(H,13,14)(H,15,16)(H,17,18)/t6-,7-/m0/s1. The molecule has 0 unspecified atom stereocenters. The third-order valence-electron chi connectivity index (χ3n) is 2.45. The molecule has 0 amide bonds. The van der Waals surface area contributed by atoms with Crippen molar-refractivity contribution in [2.75, 3.05) is 0 Å². The molecule has 1 rings (SSSR count). The number of H-pyrrole nitrogens is 1. The summed E-state index contributed by atoms with van der Waals surface area (Å²) in [6.07, 6.45) is 2.28. The maximum absolute atomic E-state index is 10.6. The smallest absolute Gasteiger partial charge is 0.320 e. The molecule has 0 aromatic carbocycles. The van der Waals surface area contributed by atoms with E-state index < -0.39 is 24.0 Å². The second kappa shape index (κ2) is 6.12. The van der Waals surface area contributed by atoms with Gasteiger partial charge in [-0.25, -0.2) is 4.98 Å². The lowest BCUT2D eigenvalue weighted by atomic mass is 10.1. The molecule has 0 saturated heterocycles. The van der Waals surface area contributed by atoms with Crippen LogP contribution in [0.5, 0.6) is 0 Å². The number of hydrogen-bond acceptors (Lipinski definition) is 5. The first-order valence-corrected chi connectivity index (χ1v) is 5.39. The van der Waals surface area contributed by atoms with Gasteiger partial charge < -0.3 is 26.7 Å². The fourth-order valence-corrected chi connectivity index (χ4v) is 1.38. The summed E-state index contributed by atoms with van der Waals surface area (Å²) >= 11 is 0. The van der Waals surface area contributed by atoms with Crippen LogP contribution in [0.3, 0.4) is 0 Å². The Bertz CT molecular complexity index is 431. The van der Waals surface area contributed by atoms with E-state index in [1.807, 2.05) is 0 Å². The number of carboxylic acid groups (broad SMARTS) is 2. The average Bonchev–Trinajstić information content (AvgIpc) is 2.73. The molecule has 0 saturated carbocycles. The molecule has 1 heterocycles. The first-order valence-electron chi connectivity index (χ1n) is 5.39. The minimum absolute atomic E-state index is 0.146. The van der Waals surface area contributed by atoms with Gasteiger partial charge in [-0.05, 0) is 6.42 Å². The van der Waals surface area contributed by atoms with E-state index in [4.69, 9.17) is 21.7 Å². The van der Waals surface area contributed by atoms with Crippen molar-refractivity contribution < 1.29 is 19.8 Å². The number of nitrogens with two attached hydrogens (primary N) is 2. The highest BCUT2D eigenvalue weighted by Crippen LogP contribution is 2.04. The lowest BCUT2D eigenvalue weighted by Gasteiger charge is -2.04. The minimum atomic E-state index is -1.08. The van der Waals surface area contributed by atoms with Crippen LogP contribution in [0.15, 0.2) is 6.20 Å². The van der Waals surface area contributed by atoms with Gasteiger partial charge in [0.25, 0.3) is 0 Å². The number of aliphatic carboxylic acids is 2. The lowest BCUT2D eigenvalue weighted by molar-refractivity contribution is -0.139. The van der Waals surface area contributed by atoms with Crippen LogP contribution < -0.4 is 11.5 Å². The fourth-order valence-electron chi connectivity index (χ4n) is 1.38. The largest absolute Gasteiger partial charge is 0.480 e. The maximum atomic E-state index is 10.6. The van der Waals surface area contributed by atoms with Crippen molar-refractivity contribution in [3.8, 4) is 0 Å². The van der Waals surface area contributed by atoms with E-state index in [0.29, 0.717) is 17.9 Å². The van der Waals surface area contributed by atoms with E-state index in [1.54, 1.807) is 0 Å². The molecule has 0 aliphatic carbocycles. The number of nitrogens with one attached hydrogen (secondary N) is 1. The first kappa shape index (κ1) is 14.1. The predicted molar refractivity (Wildman–Crippen MR) is 61.8 cm³/mol. The van der Waals surface area contributed by atoms with E-state index in [9.17, 15) is 9.59 Å². The van der Waals surface area contributed by atoms with Gasteiger partial charge in [-0.3, -0.25) is 9.59 Å². The summed E-state index contributed by atoms with van der Waals surface area (Å²) in [5.74, 6) is -1.58. The molecular formula is C10H16N4O4. The summed E-state index contributed by atoms with van der Waals surface area (Å²) in [6.45, 7) is 0. The molecule has 7 N–H and O–H groups in total. The Hall–Kier alpha value is -1.93. The highest BCUT2D eigenvalue weighted by Gasteiger charge is 2.15. The highest BCUT2D eigenvalue weighted by atomic mass is 16.4. The van der Waals surface area contributed by atoms with Gasteiger partial charge in [0.1, 0.15) is 17.9 Å². The number of nitrogens with zero attached hydrogens (tertiary/aromatic N) is 1. The molecule has 0 spiro atoms. The molecule has 0 radical (unpaired) electrons. The summed E-state index contributed by atoms with van der Waals surface area (Å²) in [5.41, 5.74) is 11.3. The zero-order valence-corrected chi connectivity index (χ0v) is 9.67. The molecule has 1 aromatic heterocycles. The summed E-state index contributed by atoms with van der Waals surface area (Å²) in [7, 11) is 0. The van der Waals surface area contributed by atoms with E-state index in [-0.39, 0.29) is 12.8 Å². The molecule has 100 valence electrons. The molecule has 1 aromatic rings. The number of carboxylic acids is 2. The maximum Gasteiger partial charge on any atom is 0.320 e. The summed E-state index contributed by atoms with van der Waals surface area (Å²) < 4.78 is 0. The molecule has 0 fully saturated rings. The van der Waals surface area contributed by atoms with Crippen molar-refractivity contribution in [1.29, 1.82) is 0 Å². The summed E-state index contributed by atoms with van der Waals surface area (Å²) in [4.78, 5) is 28.0. The third-order valence-corrected chi connectivity index (χ3v) is 2.45. The Morgan fingerprint density at radius 2 is 1.89 bits per heavy atom. The molecule has 18 heavy (non-hydrogen) atoms. The molecule has 0 aliphatic heterocycles. The van der Waals surface area contributed by atoms with Gasteiger partial charge in [0.15, 0.2) is 0 Å². The van der Waals surface area contributed by atoms with Crippen LogP contribution in [0, 0.1) is 0 Å². The van der Waals surface area contributed by atoms with Crippen LogP contribution in [0.1, 0.15) is 17.9 Å². The summed E-state index contributed by atoms with van der Waals surface area (Å²) in [5, 5.41) is 17.3. The van der Waals surface area contributed by atoms with E-state index >= 15 is 0 Å². The van der Waals surface area contributed by atoms with Crippen molar-refractivity contribution in [3.05, 3.63) is 17.7 Å². The number of imidazole rings is 1. The highest BCUT2D eigenvalue weighted by molar-refractivity contribution is 5.73. The van der Waals surface area contributed by atoms with Crippen LogP contribution in [0.25, 0.3) is 0 Å². The van der Waals surface area contributed by atoms with Gasteiger partial charge in [-0.2, -0.15) is 0 Å². The second-order valence-corrected chi connectivity index (χ2v) is 3.99. The first-order chi connectivity index (χ1) is 8.40. The van der Waals surface area contributed by atoms with Crippen molar-refractivity contribution in [2.45, 2.75) is 31.3 Å². The van der Waals surface area contributed by atoms with Crippen molar-refractivity contribution in [3.63, 3.8) is 0 Å². The number of rotatable bonds is 7. The number of aromatic nitrogens is 2. The zero-order valence-electron chi connectivity index (χ0n) is 9.67. The van der Waals surface area contributed by atoms with Gasteiger partial charge in [0, 0.05) is 24.7 Å². The van der Waals surface area contributed by atoms with Crippen molar-refractivity contribution >= 4 is 11.9 Å². The van der Waals surface area contributed by atoms with Gasteiger partial charge in [0.05, 0.1) is 0 Å². The Morgan fingerprint density at radius 1 is 1.28 bits per heavy atom. The van der Waals surface area contributed by atoms with Crippen molar-refractivity contribution in [2.24, 2.45) is 11.5 Å². The number of aromatic amines is 1.